The molecule has 2 aromatic heterocycles. The Morgan fingerprint density at radius 1 is 1.00 bits per heavy atom. The molecule has 8 heteroatoms. The fourth-order valence-corrected chi connectivity index (χ4v) is 4.64. The van der Waals surface area contributed by atoms with E-state index in [1.54, 1.807) is 36.7 Å². The van der Waals surface area contributed by atoms with Crippen LogP contribution in [0, 0.1) is 17.7 Å². The normalized spacial score (nSPS) is 22.5. The molecule has 30 heavy (non-hydrogen) atoms. The number of fused-ring (bicyclic) bond motifs is 2. The van der Waals surface area contributed by atoms with Gasteiger partial charge < -0.3 is 10.6 Å². The standard InChI is InChI=1S/C22H18ClFN6/c23-12-5-7-13(8-6-12)30-20(14-3-1-2-4-17(14)24)28-19-21(26-11-27-22(19)30)29-9-15-16(10-29)18(15)25/h1-8,11,15-16,18H,9-10,25H2/t15-,16+,18?. The van der Waals surface area contributed by atoms with Crippen molar-refractivity contribution in [3.05, 3.63) is 65.7 Å². The Morgan fingerprint density at radius 3 is 2.47 bits per heavy atom. The number of aromatic nitrogens is 4. The van der Waals surface area contributed by atoms with Gasteiger partial charge >= 0.3 is 0 Å². The number of nitrogens with zero attached hydrogens (tertiary/aromatic N) is 5. The molecule has 1 aliphatic heterocycles. The average molecular weight is 421 g/mol. The summed E-state index contributed by atoms with van der Waals surface area (Å²) in [5.74, 6) is 1.93. The van der Waals surface area contributed by atoms with Gasteiger partial charge in [-0.2, -0.15) is 0 Å². The van der Waals surface area contributed by atoms with Crippen LogP contribution in [0.5, 0.6) is 0 Å². The first-order valence-corrected chi connectivity index (χ1v) is 10.2. The molecule has 4 aromatic rings. The molecule has 6 rings (SSSR count). The highest BCUT2D eigenvalue weighted by Crippen LogP contribution is 2.46. The summed E-state index contributed by atoms with van der Waals surface area (Å²) < 4.78 is 16.6. The molecule has 150 valence electrons. The van der Waals surface area contributed by atoms with Crippen LogP contribution in [0.3, 0.4) is 0 Å². The number of piperidine rings is 1. The van der Waals surface area contributed by atoms with Crippen molar-refractivity contribution in [3.8, 4) is 17.1 Å². The maximum absolute atomic E-state index is 14.7. The minimum Gasteiger partial charge on any atom is -0.354 e. The molecule has 3 atom stereocenters. The fourth-order valence-electron chi connectivity index (χ4n) is 4.52. The molecule has 1 saturated heterocycles. The second kappa shape index (κ2) is 6.48. The van der Waals surface area contributed by atoms with E-state index in [4.69, 9.17) is 22.3 Å². The van der Waals surface area contributed by atoms with E-state index in [-0.39, 0.29) is 5.82 Å². The summed E-state index contributed by atoms with van der Waals surface area (Å²) in [5, 5.41) is 0.624. The number of rotatable bonds is 3. The zero-order valence-corrected chi connectivity index (χ0v) is 16.7. The first-order chi connectivity index (χ1) is 14.6. The minimum atomic E-state index is -0.342. The number of hydrogen-bond acceptors (Lipinski definition) is 5. The lowest BCUT2D eigenvalue weighted by Gasteiger charge is -2.20. The van der Waals surface area contributed by atoms with Gasteiger partial charge in [0.25, 0.3) is 0 Å². The van der Waals surface area contributed by atoms with E-state index in [0.29, 0.717) is 45.5 Å². The van der Waals surface area contributed by atoms with Crippen LogP contribution >= 0.6 is 11.6 Å². The quantitative estimate of drug-likeness (QED) is 0.547. The van der Waals surface area contributed by atoms with Gasteiger partial charge in [-0.1, -0.05) is 23.7 Å². The molecule has 0 bridgehead atoms. The molecule has 2 fully saturated rings. The van der Waals surface area contributed by atoms with Crippen LogP contribution in [-0.4, -0.2) is 38.7 Å². The van der Waals surface area contributed by atoms with Gasteiger partial charge in [0, 0.05) is 29.8 Å². The third kappa shape index (κ3) is 2.62. The predicted octanol–water partition coefficient (Wildman–Crippen LogP) is 3.67. The molecule has 1 aliphatic carbocycles. The van der Waals surface area contributed by atoms with Crippen molar-refractivity contribution < 1.29 is 4.39 Å². The number of imidazole rings is 1. The van der Waals surface area contributed by atoms with Crippen LogP contribution in [0.15, 0.2) is 54.9 Å². The SMILES string of the molecule is NC1[C@H]2CN(c3ncnc4c3nc(-c3ccccc3F)n4-c3ccc(Cl)cc3)C[C@@H]12. The lowest BCUT2D eigenvalue weighted by Crippen LogP contribution is -2.28. The third-order valence-corrected chi connectivity index (χ3v) is 6.44. The summed E-state index contributed by atoms with van der Waals surface area (Å²) in [4.78, 5) is 16.1. The van der Waals surface area contributed by atoms with Crippen LogP contribution < -0.4 is 10.6 Å². The van der Waals surface area contributed by atoms with E-state index in [9.17, 15) is 4.39 Å². The summed E-state index contributed by atoms with van der Waals surface area (Å²) in [6, 6.07) is 14.3. The van der Waals surface area contributed by atoms with Gasteiger partial charge in [0.2, 0.25) is 0 Å². The monoisotopic (exact) mass is 420 g/mol. The molecule has 1 saturated carbocycles. The van der Waals surface area contributed by atoms with Crippen LogP contribution in [0.4, 0.5) is 10.2 Å². The molecule has 3 heterocycles. The molecule has 2 aromatic carbocycles. The van der Waals surface area contributed by atoms with E-state index in [1.807, 2.05) is 16.7 Å². The summed E-state index contributed by atoms with van der Waals surface area (Å²) >= 11 is 6.09. The highest BCUT2D eigenvalue weighted by atomic mass is 35.5. The topological polar surface area (TPSA) is 72.9 Å². The Morgan fingerprint density at radius 2 is 1.73 bits per heavy atom. The van der Waals surface area contributed by atoms with Gasteiger partial charge in [-0.25, -0.2) is 19.3 Å². The van der Waals surface area contributed by atoms with Gasteiger partial charge in [-0.15, -0.1) is 0 Å². The summed E-state index contributed by atoms with van der Waals surface area (Å²) in [6.07, 6.45) is 1.54. The van der Waals surface area contributed by atoms with Crippen molar-refractivity contribution in [1.29, 1.82) is 0 Å². The highest BCUT2D eigenvalue weighted by Gasteiger charge is 2.54. The van der Waals surface area contributed by atoms with Crippen LogP contribution in [0.1, 0.15) is 0 Å². The number of benzene rings is 2. The zero-order valence-electron chi connectivity index (χ0n) is 15.9. The van der Waals surface area contributed by atoms with Crippen LogP contribution in [-0.2, 0) is 0 Å². The predicted molar refractivity (Wildman–Crippen MR) is 114 cm³/mol. The zero-order chi connectivity index (χ0) is 20.4. The lowest BCUT2D eigenvalue weighted by molar-refractivity contribution is 0.629. The second-order valence-corrected chi connectivity index (χ2v) is 8.34. The summed E-state index contributed by atoms with van der Waals surface area (Å²) in [7, 11) is 0. The molecule has 0 spiro atoms. The van der Waals surface area contributed by atoms with Crippen molar-refractivity contribution in [2.45, 2.75) is 6.04 Å². The average Bonchev–Trinajstić information content (AvgIpc) is 3.13. The minimum absolute atomic E-state index is 0.291. The smallest absolute Gasteiger partial charge is 0.170 e. The molecule has 2 aliphatic rings. The maximum atomic E-state index is 14.7. The Bertz CT molecular complexity index is 1260. The largest absolute Gasteiger partial charge is 0.354 e. The second-order valence-electron chi connectivity index (χ2n) is 7.91. The molecule has 0 radical (unpaired) electrons. The number of hydrogen-bond donors (Lipinski definition) is 1. The van der Waals surface area contributed by atoms with E-state index >= 15 is 0 Å². The van der Waals surface area contributed by atoms with E-state index < -0.39 is 0 Å². The van der Waals surface area contributed by atoms with Crippen molar-refractivity contribution >= 4 is 28.6 Å². The van der Waals surface area contributed by atoms with Gasteiger partial charge in [-0.3, -0.25) is 4.57 Å². The van der Waals surface area contributed by atoms with E-state index in [1.165, 1.54) is 6.07 Å². The number of anilines is 1. The molecule has 0 amide bonds. The third-order valence-electron chi connectivity index (χ3n) is 6.18. The summed E-state index contributed by atoms with van der Waals surface area (Å²) in [6.45, 7) is 1.72. The van der Waals surface area contributed by atoms with Crippen molar-refractivity contribution in [2.24, 2.45) is 17.6 Å². The molecular weight excluding hydrogens is 403 g/mol. The first-order valence-electron chi connectivity index (χ1n) is 9.86. The Balaban J connectivity index is 1.58. The van der Waals surface area contributed by atoms with Gasteiger partial charge in [0.1, 0.15) is 18.0 Å². The highest BCUT2D eigenvalue weighted by molar-refractivity contribution is 6.30. The van der Waals surface area contributed by atoms with Gasteiger partial charge in [-0.05, 0) is 48.2 Å². The van der Waals surface area contributed by atoms with Crippen molar-refractivity contribution in [3.63, 3.8) is 0 Å². The maximum Gasteiger partial charge on any atom is 0.170 e. The lowest BCUT2D eigenvalue weighted by atomic mass is 10.2. The molecular formula is C22H18ClFN6. The fraction of sp³-hybridized carbons (Fsp3) is 0.227. The van der Waals surface area contributed by atoms with Crippen molar-refractivity contribution in [1.82, 2.24) is 19.5 Å². The van der Waals surface area contributed by atoms with Crippen molar-refractivity contribution in [2.75, 3.05) is 18.0 Å². The molecule has 1 unspecified atom stereocenters. The Kier molecular flexibility index (Phi) is 3.85. The van der Waals surface area contributed by atoms with Gasteiger partial charge in [0.15, 0.2) is 17.0 Å². The Labute approximate surface area is 177 Å². The summed E-state index contributed by atoms with van der Waals surface area (Å²) in [5.41, 5.74) is 8.59. The van der Waals surface area contributed by atoms with Crippen LogP contribution in [0.25, 0.3) is 28.2 Å². The van der Waals surface area contributed by atoms with Crippen LogP contribution in [0.2, 0.25) is 5.02 Å². The Hall–Kier alpha value is -3.03. The first kappa shape index (κ1) is 17.8. The van der Waals surface area contributed by atoms with Gasteiger partial charge in [0.05, 0.1) is 5.56 Å². The van der Waals surface area contributed by atoms with E-state index in [0.717, 1.165) is 24.6 Å². The molecule has 6 nitrogen and oxygen atoms in total. The number of halogens is 2. The number of nitrogens with two attached hydrogens (primary N) is 1. The molecule has 2 N–H and O–H groups in total. The van der Waals surface area contributed by atoms with E-state index in [2.05, 4.69) is 14.9 Å².